The van der Waals surface area contributed by atoms with E-state index in [1.165, 1.54) is 0 Å². The molecular weight excluding hydrogens is 256 g/mol. The van der Waals surface area contributed by atoms with Crippen LogP contribution in [0, 0.1) is 11.8 Å². The lowest BCUT2D eigenvalue weighted by Crippen LogP contribution is -2.29. The highest BCUT2D eigenvalue weighted by atomic mass is 32.2. The summed E-state index contributed by atoms with van der Waals surface area (Å²) in [5, 5.41) is 9.24. The van der Waals surface area contributed by atoms with Crippen molar-refractivity contribution in [1.29, 1.82) is 0 Å². The van der Waals surface area contributed by atoms with E-state index in [0.717, 1.165) is 0 Å². The average Bonchev–Trinajstić information content (AvgIpc) is 2.58. The molecule has 0 amide bonds. The molecule has 0 bridgehead atoms. The standard InChI is InChI=1S/C12H22O5S/c1-12(2,17-3)6-4-10(11(13)14)9-5-7-18(15,16)8-9/h9-10H,4-8H2,1-3H3,(H,13,14). The highest BCUT2D eigenvalue weighted by Crippen LogP contribution is 2.31. The molecule has 2 unspecified atom stereocenters. The van der Waals surface area contributed by atoms with Crippen LogP contribution in [0.25, 0.3) is 0 Å². The molecule has 1 fully saturated rings. The predicted molar refractivity (Wildman–Crippen MR) is 68.2 cm³/mol. The fraction of sp³-hybridized carbons (Fsp3) is 0.917. The average molecular weight is 278 g/mol. The van der Waals surface area contributed by atoms with Crippen molar-refractivity contribution in [3.8, 4) is 0 Å². The number of aliphatic carboxylic acids is 1. The van der Waals surface area contributed by atoms with Crippen LogP contribution in [0.4, 0.5) is 0 Å². The smallest absolute Gasteiger partial charge is 0.306 e. The molecule has 1 saturated heterocycles. The second-order valence-corrected chi connectivity index (χ2v) is 7.84. The summed E-state index contributed by atoms with van der Waals surface area (Å²) in [4.78, 5) is 11.3. The Morgan fingerprint density at radius 3 is 2.50 bits per heavy atom. The molecule has 18 heavy (non-hydrogen) atoms. The van der Waals surface area contributed by atoms with E-state index in [0.29, 0.717) is 19.3 Å². The van der Waals surface area contributed by atoms with E-state index >= 15 is 0 Å². The summed E-state index contributed by atoms with van der Waals surface area (Å²) in [5.41, 5.74) is -0.370. The number of hydrogen-bond donors (Lipinski definition) is 1. The summed E-state index contributed by atoms with van der Waals surface area (Å²) in [5.74, 6) is -1.60. The maximum Gasteiger partial charge on any atom is 0.306 e. The van der Waals surface area contributed by atoms with Crippen molar-refractivity contribution in [2.75, 3.05) is 18.6 Å². The van der Waals surface area contributed by atoms with Gasteiger partial charge in [0.05, 0.1) is 23.0 Å². The Labute approximate surface area is 108 Å². The lowest BCUT2D eigenvalue weighted by Gasteiger charge is -2.26. The van der Waals surface area contributed by atoms with Gasteiger partial charge in [-0.25, -0.2) is 8.42 Å². The van der Waals surface area contributed by atoms with Gasteiger partial charge in [-0.05, 0) is 39.0 Å². The van der Waals surface area contributed by atoms with Crippen molar-refractivity contribution in [2.45, 2.75) is 38.7 Å². The third-order valence-corrected chi connectivity index (χ3v) is 5.56. The zero-order valence-corrected chi connectivity index (χ0v) is 12.0. The van der Waals surface area contributed by atoms with Crippen LogP contribution >= 0.6 is 0 Å². The van der Waals surface area contributed by atoms with E-state index in [1.54, 1.807) is 7.11 Å². The molecule has 5 nitrogen and oxygen atoms in total. The van der Waals surface area contributed by atoms with Crippen molar-refractivity contribution >= 4 is 15.8 Å². The minimum Gasteiger partial charge on any atom is -0.481 e. The van der Waals surface area contributed by atoms with Gasteiger partial charge in [0.2, 0.25) is 0 Å². The molecule has 0 radical (unpaired) electrons. The summed E-state index contributed by atoms with van der Waals surface area (Å²) < 4.78 is 28.1. The van der Waals surface area contributed by atoms with Gasteiger partial charge < -0.3 is 9.84 Å². The number of carboxylic acid groups (broad SMARTS) is 1. The molecule has 0 aromatic heterocycles. The Hall–Kier alpha value is -0.620. The van der Waals surface area contributed by atoms with Crippen LogP contribution in [-0.2, 0) is 19.4 Å². The van der Waals surface area contributed by atoms with E-state index in [1.807, 2.05) is 13.8 Å². The first-order valence-corrected chi connectivity index (χ1v) is 7.97. The second kappa shape index (κ2) is 5.57. The topological polar surface area (TPSA) is 80.7 Å². The van der Waals surface area contributed by atoms with Crippen molar-refractivity contribution < 1.29 is 23.1 Å². The lowest BCUT2D eigenvalue weighted by atomic mass is 9.85. The summed E-state index contributed by atoms with van der Waals surface area (Å²) in [6.07, 6.45) is 1.53. The summed E-state index contributed by atoms with van der Waals surface area (Å²) >= 11 is 0. The number of sulfone groups is 1. The second-order valence-electron chi connectivity index (χ2n) is 5.61. The third-order valence-electron chi connectivity index (χ3n) is 3.76. The SMILES string of the molecule is COC(C)(C)CCC(C(=O)O)C1CCS(=O)(=O)C1. The molecule has 0 saturated carbocycles. The van der Waals surface area contributed by atoms with Crippen LogP contribution in [0.3, 0.4) is 0 Å². The Bertz CT molecular complexity index is 399. The highest BCUT2D eigenvalue weighted by Gasteiger charge is 2.37. The molecule has 0 aliphatic carbocycles. The molecule has 1 aliphatic heterocycles. The zero-order chi connectivity index (χ0) is 14.0. The fourth-order valence-electron chi connectivity index (χ4n) is 2.31. The maximum absolute atomic E-state index is 11.4. The van der Waals surface area contributed by atoms with Gasteiger partial charge >= 0.3 is 5.97 Å². The van der Waals surface area contributed by atoms with Gasteiger partial charge in [-0.3, -0.25) is 4.79 Å². The van der Waals surface area contributed by atoms with Crippen molar-refractivity contribution in [3.05, 3.63) is 0 Å². The van der Waals surface area contributed by atoms with Crippen molar-refractivity contribution in [3.63, 3.8) is 0 Å². The number of rotatable bonds is 6. The molecular formula is C12H22O5S. The van der Waals surface area contributed by atoms with E-state index < -0.39 is 21.7 Å². The zero-order valence-electron chi connectivity index (χ0n) is 11.2. The Balaban J connectivity index is 2.65. The van der Waals surface area contributed by atoms with Crippen molar-refractivity contribution in [2.24, 2.45) is 11.8 Å². The normalized spacial score (nSPS) is 24.9. The van der Waals surface area contributed by atoms with Crippen LogP contribution in [0.1, 0.15) is 33.1 Å². The van der Waals surface area contributed by atoms with Gasteiger partial charge in [-0.15, -0.1) is 0 Å². The molecule has 0 aromatic rings. The summed E-state index contributed by atoms with van der Waals surface area (Å²) in [7, 11) is -1.43. The molecule has 1 N–H and O–H groups in total. The van der Waals surface area contributed by atoms with E-state index in [-0.39, 0.29) is 23.0 Å². The number of carbonyl (C=O) groups is 1. The van der Waals surface area contributed by atoms with E-state index in [4.69, 9.17) is 4.74 Å². The number of ether oxygens (including phenoxy) is 1. The van der Waals surface area contributed by atoms with Gasteiger partial charge in [0.25, 0.3) is 0 Å². The Morgan fingerprint density at radius 2 is 2.11 bits per heavy atom. The lowest BCUT2D eigenvalue weighted by molar-refractivity contribution is -0.144. The third kappa shape index (κ3) is 4.24. The van der Waals surface area contributed by atoms with Gasteiger partial charge in [-0.2, -0.15) is 0 Å². The van der Waals surface area contributed by atoms with Gasteiger partial charge in [-0.1, -0.05) is 0 Å². The van der Waals surface area contributed by atoms with Crippen molar-refractivity contribution in [1.82, 2.24) is 0 Å². The Morgan fingerprint density at radius 1 is 1.50 bits per heavy atom. The van der Waals surface area contributed by atoms with Gasteiger partial charge in [0.1, 0.15) is 0 Å². The number of carboxylic acids is 1. The fourth-order valence-corrected chi connectivity index (χ4v) is 4.19. The van der Waals surface area contributed by atoms with Gasteiger partial charge in [0.15, 0.2) is 9.84 Å². The van der Waals surface area contributed by atoms with Gasteiger partial charge in [0, 0.05) is 7.11 Å². The van der Waals surface area contributed by atoms with E-state index in [9.17, 15) is 18.3 Å². The van der Waals surface area contributed by atoms with E-state index in [2.05, 4.69) is 0 Å². The molecule has 0 spiro atoms. The van der Waals surface area contributed by atoms with Crippen LogP contribution in [0.5, 0.6) is 0 Å². The first-order chi connectivity index (χ1) is 8.17. The molecule has 1 aliphatic rings. The monoisotopic (exact) mass is 278 g/mol. The molecule has 6 heteroatoms. The first kappa shape index (κ1) is 15.4. The molecule has 106 valence electrons. The summed E-state index contributed by atoms with van der Waals surface area (Å²) in [6.45, 7) is 3.80. The largest absolute Gasteiger partial charge is 0.481 e. The minimum atomic E-state index is -3.03. The first-order valence-electron chi connectivity index (χ1n) is 6.15. The molecule has 2 atom stereocenters. The van der Waals surface area contributed by atoms with Crippen LogP contribution < -0.4 is 0 Å². The molecule has 1 rings (SSSR count). The number of methoxy groups -OCH3 is 1. The van der Waals surface area contributed by atoms with Crippen LogP contribution in [-0.4, -0.2) is 43.7 Å². The maximum atomic E-state index is 11.4. The Kier molecular flexibility index (Phi) is 4.78. The summed E-state index contributed by atoms with van der Waals surface area (Å²) in [6, 6.07) is 0. The quantitative estimate of drug-likeness (QED) is 0.792. The van der Waals surface area contributed by atoms with Crippen LogP contribution in [0.15, 0.2) is 0 Å². The minimum absolute atomic E-state index is 0.0113. The molecule has 1 heterocycles. The predicted octanol–water partition coefficient (Wildman–Crippen LogP) is 1.33. The highest BCUT2D eigenvalue weighted by molar-refractivity contribution is 7.91. The number of hydrogen-bond acceptors (Lipinski definition) is 4. The molecule has 0 aromatic carbocycles. The van der Waals surface area contributed by atoms with Crippen LogP contribution in [0.2, 0.25) is 0 Å².